The van der Waals surface area contributed by atoms with Crippen molar-refractivity contribution in [1.82, 2.24) is 4.98 Å². The van der Waals surface area contributed by atoms with Crippen molar-refractivity contribution >= 4 is 32.4 Å². The molecule has 1 aromatic heterocycles. The number of pyridine rings is 1. The number of ether oxygens (including phenoxy) is 3. The Hall–Kier alpha value is -3.21. The van der Waals surface area contributed by atoms with E-state index in [0.717, 1.165) is 38.2 Å². The minimum atomic E-state index is 0.127. The number of phenols is 1. The number of hydrogen-bond acceptors (Lipinski definition) is 5. The lowest BCUT2D eigenvalue weighted by Gasteiger charge is -2.11. The van der Waals surface area contributed by atoms with E-state index in [1.165, 1.54) is 0 Å². The standard InChI is InChI=1S/C19H13NO4/c1-22-14-5-3-11-8-20-18-12(17(11)19(14)21)4-2-10-6-15-16(7-13(10)18)24-9-23-15/h2-8,21H,9H2,1H3. The number of methoxy groups -OCH3 is 1. The van der Waals surface area contributed by atoms with Gasteiger partial charge >= 0.3 is 0 Å². The second-order valence-electron chi connectivity index (χ2n) is 5.73. The monoisotopic (exact) mass is 319 g/mol. The SMILES string of the molecule is COc1ccc2cnc3c4cc5c(cc4ccc3c2c1O)OCO5. The van der Waals surface area contributed by atoms with E-state index in [9.17, 15) is 5.11 Å². The summed E-state index contributed by atoms with van der Waals surface area (Å²) in [6, 6.07) is 11.5. The lowest BCUT2D eigenvalue weighted by molar-refractivity contribution is 0.174. The van der Waals surface area contributed by atoms with Gasteiger partial charge < -0.3 is 19.3 Å². The molecule has 0 saturated carbocycles. The van der Waals surface area contributed by atoms with Crippen LogP contribution in [-0.2, 0) is 0 Å². The molecule has 0 atom stereocenters. The number of benzene rings is 3. The highest BCUT2D eigenvalue weighted by atomic mass is 16.7. The molecule has 0 spiro atoms. The van der Waals surface area contributed by atoms with Crippen LogP contribution in [0.2, 0.25) is 0 Å². The van der Waals surface area contributed by atoms with Gasteiger partial charge in [0.25, 0.3) is 0 Å². The largest absolute Gasteiger partial charge is 0.504 e. The van der Waals surface area contributed by atoms with Gasteiger partial charge in [-0.2, -0.15) is 0 Å². The van der Waals surface area contributed by atoms with Gasteiger partial charge in [0.1, 0.15) is 0 Å². The summed E-state index contributed by atoms with van der Waals surface area (Å²) in [6.45, 7) is 0.234. The number of hydrogen-bond donors (Lipinski definition) is 1. The van der Waals surface area contributed by atoms with Crippen LogP contribution >= 0.6 is 0 Å². The van der Waals surface area contributed by atoms with Gasteiger partial charge in [-0.25, -0.2) is 0 Å². The highest BCUT2D eigenvalue weighted by Gasteiger charge is 2.17. The van der Waals surface area contributed by atoms with E-state index < -0.39 is 0 Å². The quantitative estimate of drug-likeness (QED) is 0.538. The molecule has 118 valence electrons. The maximum atomic E-state index is 10.6. The molecule has 24 heavy (non-hydrogen) atoms. The van der Waals surface area contributed by atoms with Gasteiger partial charge in [0, 0.05) is 27.7 Å². The van der Waals surface area contributed by atoms with Crippen LogP contribution in [0.4, 0.5) is 0 Å². The summed E-state index contributed by atoms with van der Waals surface area (Å²) in [5.41, 5.74) is 0.807. The summed E-state index contributed by atoms with van der Waals surface area (Å²) < 4.78 is 16.2. The highest BCUT2D eigenvalue weighted by Crippen LogP contribution is 2.42. The van der Waals surface area contributed by atoms with Crippen LogP contribution in [-0.4, -0.2) is 24.0 Å². The summed E-state index contributed by atoms with van der Waals surface area (Å²) in [5.74, 6) is 2.03. The van der Waals surface area contributed by atoms with Crippen LogP contribution in [0.5, 0.6) is 23.0 Å². The second kappa shape index (κ2) is 4.64. The fourth-order valence-corrected chi connectivity index (χ4v) is 3.32. The van der Waals surface area contributed by atoms with Crippen molar-refractivity contribution in [3.8, 4) is 23.0 Å². The second-order valence-corrected chi connectivity index (χ2v) is 5.73. The van der Waals surface area contributed by atoms with Crippen molar-refractivity contribution in [2.24, 2.45) is 0 Å². The first kappa shape index (κ1) is 13.2. The molecular weight excluding hydrogens is 306 g/mol. The third-order valence-corrected chi connectivity index (χ3v) is 4.48. The number of rotatable bonds is 1. The maximum Gasteiger partial charge on any atom is 0.231 e. The first-order valence-corrected chi connectivity index (χ1v) is 7.57. The van der Waals surface area contributed by atoms with Crippen molar-refractivity contribution in [3.05, 3.63) is 42.6 Å². The first-order chi connectivity index (χ1) is 11.8. The van der Waals surface area contributed by atoms with Crippen molar-refractivity contribution in [2.75, 3.05) is 13.9 Å². The zero-order valence-corrected chi connectivity index (χ0v) is 12.9. The van der Waals surface area contributed by atoms with Gasteiger partial charge in [0.15, 0.2) is 23.0 Å². The smallest absolute Gasteiger partial charge is 0.231 e. The lowest BCUT2D eigenvalue weighted by atomic mass is 10.0. The number of fused-ring (bicyclic) bond motifs is 6. The molecule has 0 bridgehead atoms. The predicted molar refractivity (Wildman–Crippen MR) is 91.1 cm³/mol. The molecule has 0 radical (unpaired) electrons. The molecule has 0 fully saturated rings. The van der Waals surface area contributed by atoms with E-state index in [1.807, 2.05) is 30.3 Å². The fourth-order valence-electron chi connectivity index (χ4n) is 3.32. The first-order valence-electron chi connectivity index (χ1n) is 7.57. The molecule has 1 aliphatic heterocycles. The summed E-state index contributed by atoms with van der Waals surface area (Å²) in [4.78, 5) is 4.61. The Morgan fingerprint density at radius 2 is 1.79 bits per heavy atom. The topological polar surface area (TPSA) is 60.8 Å². The molecule has 0 amide bonds. The number of phenolic OH excluding ortho intramolecular Hbond substituents is 1. The molecule has 4 aromatic rings. The van der Waals surface area contributed by atoms with Crippen LogP contribution in [0.25, 0.3) is 32.4 Å². The average molecular weight is 319 g/mol. The summed E-state index contributed by atoms with van der Waals surface area (Å²) in [6.07, 6.45) is 1.76. The summed E-state index contributed by atoms with van der Waals surface area (Å²) in [5, 5.41) is 15.0. The Labute approximate surface area is 137 Å². The van der Waals surface area contributed by atoms with Crippen molar-refractivity contribution in [1.29, 1.82) is 0 Å². The third kappa shape index (κ3) is 1.66. The van der Waals surface area contributed by atoms with Crippen LogP contribution in [0.15, 0.2) is 42.6 Å². The van der Waals surface area contributed by atoms with Crippen LogP contribution in [0.3, 0.4) is 0 Å². The minimum absolute atomic E-state index is 0.127. The Morgan fingerprint density at radius 3 is 2.62 bits per heavy atom. The minimum Gasteiger partial charge on any atom is -0.504 e. The summed E-state index contributed by atoms with van der Waals surface area (Å²) in [7, 11) is 1.54. The van der Waals surface area contributed by atoms with E-state index in [2.05, 4.69) is 4.98 Å². The Bertz CT molecular complexity index is 1140. The molecule has 5 heteroatoms. The lowest BCUT2D eigenvalue weighted by Crippen LogP contribution is -1.92. The zero-order chi connectivity index (χ0) is 16.3. The van der Waals surface area contributed by atoms with Crippen LogP contribution in [0, 0.1) is 0 Å². The van der Waals surface area contributed by atoms with Crippen LogP contribution < -0.4 is 14.2 Å². The Morgan fingerprint density at radius 1 is 1.00 bits per heavy atom. The third-order valence-electron chi connectivity index (χ3n) is 4.48. The highest BCUT2D eigenvalue weighted by molar-refractivity contribution is 6.17. The maximum absolute atomic E-state index is 10.6. The normalized spacial score (nSPS) is 13.0. The molecular formula is C19H13NO4. The van der Waals surface area contributed by atoms with Gasteiger partial charge in [-0.3, -0.25) is 4.98 Å². The molecule has 5 rings (SSSR count). The van der Waals surface area contributed by atoms with Gasteiger partial charge in [-0.1, -0.05) is 12.1 Å². The molecule has 3 aromatic carbocycles. The molecule has 0 saturated heterocycles. The van der Waals surface area contributed by atoms with Crippen molar-refractivity contribution in [2.45, 2.75) is 0 Å². The van der Waals surface area contributed by atoms with Crippen molar-refractivity contribution < 1.29 is 19.3 Å². The van der Waals surface area contributed by atoms with Crippen molar-refractivity contribution in [3.63, 3.8) is 0 Å². The van der Waals surface area contributed by atoms with E-state index in [-0.39, 0.29) is 12.5 Å². The summed E-state index contributed by atoms with van der Waals surface area (Å²) >= 11 is 0. The zero-order valence-electron chi connectivity index (χ0n) is 12.9. The van der Waals surface area contributed by atoms with E-state index >= 15 is 0 Å². The van der Waals surface area contributed by atoms with Gasteiger partial charge in [-0.05, 0) is 29.7 Å². The fraction of sp³-hybridized carbons (Fsp3) is 0.105. The molecule has 1 N–H and O–H groups in total. The van der Waals surface area contributed by atoms with E-state index in [1.54, 1.807) is 19.4 Å². The number of aromatic hydroxyl groups is 1. The number of nitrogens with zero attached hydrogens (tertiary/aromatic N) is 1. The molecule has 5 nitrogen and oxygen atoms in total. The van der Waals surface area contributed by atoms with Gasteiger partial charge in [0.2, 0.25) is 6.79 Å². The molecule has 0 unspecified atom stereocenters. The van der Waals surface area contributed by atoms with Gasteiger partial charge in [0.05, 0.1) is 12.6 Å². The van der Waals surface area contributed by atoms with Gasteiger partial charge in [-0.15, -0.1) is 0 Å². The van der Waals surface area contributed by atoms with Crippen LogP contribution in [0.1, 0.15) is 0 Å². The van der Waals surface area contributed by atoms with E-state index in [0.29, 0.717) is 11.5 Å². The Kier molecular flexibility index (Phi) is 2.56. The number of aromatic nitrogens is 1. The van der Waals surface area contributed by atoms with E-state index in [4.69, 9.17) is 14.2 Å². The predicted octanol–water partition coefficient (Wildman–Crippen LogP) is 3.98. The molecule has 0 aliphatic carbocycles. The molecule has 2 heterocycles. The molecule has 1 aliphatic rings. The average Bonchev–Trinajstić information content (AvgIpc) is 3.07. The Balaban J connectivity index is 1.95.